The lowest BCUT2D eigenvalue weighted by Gasteiger charge is -2.06. The van der Waals surface area contributed by atoms with E-state index in [4.69, 9.17) is 19.5 Å². The summed E-state index contributed by atoms with van der Waals surface area (Å²) in [5.74, 6) is 1.18. The number of carbonyl (C=O) groups excluding carboxylic acids is 2. The minimum absolute atomic E-state index is 0.368. The molecule has 0 saturated carbocycles. The van der Waals surface area contributed by atoms with Gasteiger partial charge in [-0.3, -0.25) is 4.79 Å². The van der Waals surface area contributed by atoms with Crippen LogP contribution in [0, 0.1) is 11.3 Å². The van der Waals surface area contributed by atoms with Gasteiger partial charge in [-0.25, -0.2) is 4.79 Å². The van der Waals surface area contributed by atoms with Crippen molar-refractivity contribution in [1.29, 1.82) is 5.26 Å². The van der Waals surface area contributed by atoms with Gasteiger partial charge in [0.05, 0.1) is 32.0 Å². The number of aldehydes is 1. The highest BCUT2D eigenvalue weighted by molar-refractivity contribution is 5.81. The second-order valence-corrected chi connectivity index (χ2v) is 6.16. The van der Waals surface area contributed by atoms with E-state index in [1.807, 2.05) is 6.07 Å². The molecule has 0 aliphatic rings. The molecule has 0 unspecified atom stereocenters. The number of unbranched alkanes of at least 4 members (excludes halogenated alkanes) is 3. The summed E-state index contributed by atoms with van der Waals surface area (Å²) in [6.07, 6.45) is 5.81. The van der Waals surface area contributed by atoms with Gasteiger partial charge in [0, 0.05) is 11.6 Å². The van der Waals surface area contributed by atoms with Crippen molar-refractivity contribution in [1.82, 2.24) is 0 Å². The Balaban J connectivity index is 0.000000375. The highest BCUT2D eigenvalue weighted by Crippen LogP contribution is 2.12. The Kier molecular flexibility index (Phi) is 12.5. The van der Waals surface area contributed by atoms with E-state index in [1.165, 1.54) is 6.08 Å². The number of nitriles is 1. The molecule has 158 valence electrons. The topological polar surface area (TPSA) is 85.6 Å². The minimum atomic E-state index is -0.368. The summed E-state index contributed by atoms with van der Waals surface area (Å²) in [5, 5.41) is 8.41. The van der Waals surface area contributed by atoms with Gasteiger partial charge in [-0.15, -0.1) is 0 Å². The second-order valence-electron chi connectivity index (χ2n) is 6.16. The molecule has 0 aliphatic carbocycles. The van der Waals surface area contributed by atoms with E-state index in [1.54, 1.807) is 55.6 Å². The van der Waals surface area contributed by atoms with Crippen LogP contribution in [0.2, 0.25) is 0 Å². The molecule has 2 aromatic carbocycles. The second kappa shape index (κ2) is 15.3. The summed E-state index contributed by atoms with van der Waals surface area (Å²) in [6.45, 7) is 4.42. The number of benzene rings is 2. The monoisotopic (exact) mass is 409 g/mol. The summed E-state index contributed by atoms with van der Waals surface area (Å²) in [6, 6.07) is 16.0. The van der Waals surface area contributed by atoms with Gasteiger partial charge < -0.3 is 14.2 Å². The zero-order chi connectivity index (χ0) is 22.0. The van der Waals surface area contributed by atoms with Crippen molar-refractivity contribution in [3.63, 3.8) is 0 Å². The van der Waals surface area contributed by atoms with Gasteiger partial charge in [-0.1, -0.05) is 6.58 Å². The van der Waals surface area contributed by atoms with Crippen LogP contribution in [-0.4, -0.2) is 32.6 Å². The van der Waals surface area contributed by atoms with Crippen LogP contribution in [-0.2, 0) is 9.53 Å². The molecule has 0 fully saturated rings. The summed E-state index contributed by atoms with van der Waals surface area (Å²) in [5.41, 5.74) is 1.30. The number of hydrogen-bond acceptors (Lipinski definition) is 6. The smallest absolute Gasteiger partial charge is 0.330 e. The van der Waals surface area contributed by atoms with Crippen LogP contribution in [0.3, 0.4) is 0 Å². The highest BCUT2D eigenvalue weighted by atomic mass is 16.5. The van der Waals surface area contributed by atoms with Crippen molar-refractivity contribution >= 4 is 12.3 Å². The Morgan fingerprint density at radius 2 is 1.57 bits per heavy atom. The van der Waals surface area contributed by atoms with Gasteiger partial charge in [-0.05, 0) is 74.2 Å². The third-order valence-electron chi connectivity index (χ3n) is 3.95. The van der Waals surface area contributed by atoms with Crippen LogP contribution >= 0.6 is 0 Å². The van der Waals surface area contributed by atoms with Crippen LogP contribution < -0.4 is 9.47 Å². The first-order valence-electron chi connectivity index (χ1n) is 9.64. The third-order valence-corrected chi connectivity index (χ3v) is 3.95. The lowest BCUT2D eigenvalue weighted by atomic mass is 10.2. The number of rotatable bonds is 11. The fraction of sp³-hybridized carbons (Fsp3) is 0.292. The van der Waals surface area contributed by atoms with Crippen molar-refractivity contribution in [3.05, 3.63) is 72.3 Å². The van der Waals surface area contributed by atoms with E-state index < -0.39 is 0 Å². The molecule has 30 heavy (non-hydrogen) atoms. The molecule has 0 N–H and O–H groups in total. The molecular formula is C24H27NO5. The van der Waals surface area contributed by atoms with Crippen molar-refractivity contribution in [2.75, 3.05) is 20.3 Å². The van der Waals surface area contributed by atoms with E-state index >= 15 is 0 Å². The van der Waals surface area contributed by atoms with E-state index in [-0.39, 0.29) is 5.97 Å². The summed E-state index contributed by atoms with van der Waals surface area (Å²) in [4.78, 5) is 21.3. The Labute approximate surface area is 177 Å². The minimum Gasteiger partial charge on any atom is -0.497 e. The fourth-order valence-corrected chi connectivity index (χ4v) is 2.29. The molecule has 0 aromatic heterocycles. The zero-order valence-electron chi connectivity index (χ0n) is 17.2. The molecule has 2 rings (SSSR count). The van der Waals surface area contributed by atoms with Gasteiger partial charge in [-0.2, -0.15) is 5.26 Å². The maximum absolute atomic E-state index is 10.8. The van der Waals surface area contributed by atoms with E-state index in [0.717, 1.165) is 43.5 Å². The molecule has 0 aliphatic heterocycles. The lowest BCUT2D eigenvalue weighted by molar-refractivity contribution is -0.137. The van der Waals surface area contributed by atoms with Crippen molar-refractivity contribution in [3.8, 4) is 17.6 Å². The fourth-order valence-electron chi connectivity index (χ4n) is 2.29. The molecule has 0 bridgehead atoms. The van der Waals surface area contributed by atoms with Crippen LogP contribution in [0.15, 0.2) is 61.2 Å². The Morgan fingerprint density at radius 3 is 2.10 bits per heavy atom. The predicted octanol–water partition coefficient (Wildman–Crippen LogP) is 4.73. The molecule has 6 heteroatoms. The summed E-state index contributed by atoms with van der Waals surface area (Å²) in [7, 11) is 1.60. The average molecular weight is 409 g/mol. The van der Waals surface area contributed by atoms with E-state index in [9.17, 15) is 9.59 Å². The van der Waals surface area contributed by atoms with Crippen molar-refractivity contribution in [2.45, 2.75) is 25.7 Å². The van der Waals surface area contributed by atoms with Crippen LogP contribution in [0.1, 0.15) is 41.6 Å². The third kappa shape index (κ3) is 10.7. The Hall–Kier alpha value is -3.59. The van der Waals surface area contributed by atoms with Gasteiger partial charge in [0.1, 0.15) is 17.8 Å². The number of ether oxygens (including phenoxy) is 3. The van der Waals surface area contributed by atoms with Crippen LogP contribution in [0.25, 0.3) is 0 Å². The van der Waals surface area contributed by atoms with E-state index in [2.05, 4.69) is 6.58 Å². The molecule has 0 saturated heterocycles. The SMILES string of the molecule is C=CC(=O)OCCCCCCOc1ccc(C=O)cc1.COc1ccc(C#N)cc1. The number of carbonyl (C=O) groups is 2. The van der Waals surface area contributed by atoms with Gasteiger partial charge in [0.15, 0.2) is 0 Å². The number of methoxy groups -OCH3 is 1. The Morgan fingerprint density at radius 1 is 0.967 bits per heavy atom. The highest BCUT2D eigenvalue weighted by Gasteiger charge is 1.97. The molecule has 6 nitrogen and oxygen atoms in total. The van der Waals surface area contributed by atoms with Crippen LogP contribution in [0.4, 0.5) is 0 Å². The van der Waals surface area contributed by atoms with Gasteiger partial charge >= 0.3 is 5.97 Å². The molecule has 0 heterocycles. The maximum Gasteiger partial charge on any atom is 0.330 e. The first kappa shape index (κ1) is 24.4. The van der Waals surface area contributed by atoms with Gasteiger partial charge in [0.2, 0.25) is 0 Å². The van der Waals surface area contributed by atoms with Crippen molar-refractivity contribution in [2.24, 2.45) is 0 Å². The summed E-state index contributed by atoms with van der Waals surface area (Å²) >= 11 is 0. The predicted molar refractivity (Wildman–Crippen MR) is 115 cm³/mol. The normalized spacial score (nSPS) is 9.33. The maximum atomic E-state index is 10.8. The van der Waals surface area contributed by atoms with E-state index in [0.29, 0.717) is 24.3 Å². The average Bonchev–Trinajstić information content (AvgIpc) is 2.81. The molecule has 0 amide bonds. The number of esters is 1. The zero-order valence-corrected chi connectivity index (χ0v) is 17.2. The molecule has 0 atom stereocenters. The molecular weight excluding hydrogens is 382 g/mol. The number of nitrogens with zero attached hydrogens (tertiary/aromatic N) is 1. The Bertz CT molecular complexity index is 807. The first-order valence-corrected chi connectivity index (χ1v) is 9.64. The first-order chi connectivity index (χ1) is 14.6. The lowest BCUT2D eigenvalue weighted by Crippen LogP contribution is -2.02. The van der Waals surface area contributed by atoms with Crippen LogP contribution in [0.5, 0.6) is 11.5 Å². The molecule has 0 radical (unpaired) electrons. The standard InChI is InChI=1S/C16H20O4.C8H7NO/c1-2-16(18)20-12-6-4-3-5-11-19-15-9-7-14(13-17)8-10-15;1-10-8-4-2-7(6-9)3-5-8/h2,7-10,13H,1,3-6,11-12H2;2-5H,1H3. The largest absolute Gasteiger partial charge is 0.497 e. The van der Waals surface area contributed by atoms with Gasteiger partial charge in [0.25, 0.3) is 0 Å². The number of hydrogen-bond donors (Lipinski definition) is 0. The van der Waals surface area contributed by atoms with Crippen molar-refractivity contribution < 1.29 is 23.8 Å². The quantitative estimate of drug-likeness (QED) is 0.231. The summed E-state index contributed by atoms with van der Waals surface area (Å²) < 4.78 is 15.3. The molecule has 0 spiro atoms. The molecule has 2 aromatic rings.